The summed E-state index contributed by atoms with van der Waals surface area (Å²) < 4.78 is 0. The van der Waals surface area contributed by atoms with E-state index in [4.69, 9.17) is 0 Å². The van der Waals surface area contributed by atoms with Crippen LogP contribution in [0.15, 0.2) is 54.7 Å². The van der Waals surface area contributed by atoms with Gasteiger partial charge in [-0.25, -0.2) is 0 Å². The molecule has 5 heteroatoms. The van der Waals surface area contributed by atoms with Crippen molar-refractivity contribution in [3.8, 4) is 0 Å². The Hall–Kier alpha value is -2.95. The van der Waals surface area contributed by atoms with Crippen molar-refractivity contribution in [3.05, 3.63) is 76.0 Å². The highest BCUT2D eigenvalue weighted by Crippen LogP contribution is 2.33. The van der Waals surface area contributed by atoms with E-state index in [1.165, 1.54) is 12.1 Å². The molecule has 2 aromatic carbocycles. The van der Waals surface area contributed by atoms with Crippen LogP contribution in [0.2, 0.25) is 0 Å². The molecule has 1 heterocycles. The zero-order valence-corrected chi connectivity index (χ0v) is 11.7. The molecular weight excluding hydrogens is 280 g/mol. The van der Waals surface area contributed by atoms with E-state index < -0.39 is 4.92 Å². The zero-order chi connectivity index (χ0) is 15.5. The average molecular weight is 294 g/mol. The van der Waals surface area contributed by atoms with Crippen LogP contribution >= 0.6 is 0 Å². The summed E-state index contributed by atoms with van der Waals surface area (Å²) in [7, 11) is 0. The molecule has 0 aliphatic carbocycles. The normalized spacial score (nSPS) is 12.2. The monoisotopic (exact) mass is 294 g/mol. The van der Waals surface area contributed by atoms with Crippen LogP contribution in [0.25, 0.3) is 10.9 Å². The number of aromatic amines is 1. The molecule has 22 heavy (non-hydrogen) atoms. The molecule has 0 unspecified atom stereocenters. The van der Waals surface area contributed by atoms with E-state index in [0.29, 0.717) is 6.42 Å². The van der Waals surface area contributed by atoms with Crippen molar-refractivity contribution in [3.63, 3.8) is 0 Å². The number of rotatable bonds is 5. The fraction of sp³-hybridized carbons (Fsp3) is 0.118. The Bertz CT molecular complexity index is 821. The fourth-order valence-electron chi connectivity index (χ4n) is 2.75. The lowest BCUT2D eigenvalue weighted by Crippen LogP contribution is -2.01. The quantitative estimate of drug-likeness (QED) is 0.442. The second kappa shape index (κ2) is 5.81. The molecule has 0 fully saturated rings. The molecule has 1 aromatic heterocycles. The Kier molecular flexibility index (Phi) is 3.70. The number of benzene rings is 2. The Labute approximate surface area is 126 Å². The molecule has 1 N–H and O–H groups in total. The predicted octanol–water partition coefficient (Wildman–Crippen LogP) is 3.80. The first kappa shape index (κ1) is 14.0. The summed E-state index contributed by atoms with van der Waals surface area (Å²) in [5, 5.41) is 11.8. The number of hydrogen-bond donors (Lipinski definition) is 1. The first-order valence-corrected chi connectivity index (χ1v) is 6.94. The van der Waals surface area contributed by atoms with Gasteiger partial charge in [0.2, 0.25) is 0 Å². The number of nitro groups is 1. The molecular formula is C17H14N2O3. The molecule has 0 saturated carbocycles. The van der Waals surface area contributed by atoms with E-state index in [1.807, 2.05) is 30.5 Å². The number of carbonyl (C=O) groups excluding carboxylic acids is 1. The maximum Gasteiger partial charge on any atom is 0.269 e. The van der Waals surface area contributed by atoms with Gasteiger partial charge in [-0.05, 0) is 17.2 Å². The van der Waals surface area contributed by atoms with Crippen LogP contribution in [0, 0.1) is 10.1 Å². The SMILES string of the molecule is O=CC[C@@H](c1ccc([N+](=O)[O-])cc1)c1c[nH]c2ccccc12. The fourth-order valence-corrected chi connectivity index (χ4v) is 2.75. The maximum atomic E-state index is 11.1. The molecule has 5 nitrogen and oxygen atoms in total. The second-order valence-electron chi connectivity index (χ2n) is 5.09. The van der Waals surface area contributed by atoms with Gasteiger partial charge in [0.15, 0.2) is 0 Å². The number of para-hydroxylation sites is 1. The Morgan fingerprint density at radius 2 is 1.86 bits per heavy atom. The van der Waals surface area contributed by atoms with Gasteiger partial charge in [-0.2, -0.15) is 0 Å². The van der Waals surface area contributed by atoms with E-state index in [1.54, 1.807) is 12.1 Å². The summed E-state index contributed by atoms with van der Waals surface area (Å²) in [6, 6.07) is 14.3. The summed E-state index contributed by atoms with van der Waals surface area (Å²) in [5.41, 5.74) is 2.97. The van der Waals surface area contributed by atoms with Crippen LogP contribution in [0.5, 0.6) is 0 Å². The van der Waals surface area contributed by atoms with Crippen molar-refractivity contribution in [2.45, 2.75) is 12.3 Å². The van der Waals surface area contributed by atoms with Gasteiger partial charge in [-0.15, -0.1) is 0 Å². The smallest absolute Gasteiger partial charge is 0.269 e. The van der Waals surface area contributed by atoms with Crippen molar-refractivity contribution < 1.29 is 9.72 Å². The van der Waals surface area contributed by atoms with Crippen molar-refractivity contribution >= 4 is 22.9 Å². The molecule has 0 aliphatic heterocycles. The molecule has 0 amide bonds. The topological polar surface area (TPSA) is 76.0 Å². The van der Waals surface area contributed by atoms with Gasteiger partial charge in [0, 0.05) is 41.6 Å². The lowest BCUT2D eigenvalue weighted by atomic mass is 9.88. The van der Waals surface area contributed by atoms with Crippen LogP contribution in [-0.4, -0.2) is 16.2 Å². The highest BCUT2D eigenvalue weighted by molar-refractivity contribution is 5.84. The molecule has 3 aromatic rings. The van der Waals surface area contributed by atoms with Crippen LogP contribution in [-0.2, 0) is 4.79 Å². The largest absolute Gasteiger partial charge is 0.361 e. The first-order valence-electron chi connectivity index (χ1n) is 6.94. The number of nitro benzene ring substituents is 1. The Morgan fingerprint density at radius 1 is 1.14 bits per heavy atom. The molecule has 0 aliphatic rings. The molecule has 0 saturated heterocycles. The summed E-state index contributed by atoms with van der Waals surface area (Å²) >= 11 is 0. The second-order valence-corrected chi connectivity index (χ2v) is 5.09. The minimum absolute atomic E-state index is 0.0486. The molecule has 110 valence electrons. The lowest BCUT2D eigenvalue weighted by Gasteiger charge is -2.14. The number of nitrogens with one attached hydrogen (secondary N) is 1. The minimum Gasteiger partial charge on any atom is -0.361 e. The molecule has 0 radical (unpaired) electrons. The van der Waals surface area contributed by atoms with Gasteiger partial charge in [0.25, 0.3) is 5.69 Å². The predicted molar refractivity (Wildman–Crippen MR) is 83.9 cm³/mol. The number of H-pyrrole nitrogens is 1. The third-order valence-corrected chi connectivity index (χ3v) is 3.83. The summed E-state index contributed by atoms with van der Waals surface area (Å²) in [4.78, 5) is 24.6. The van der Waals surface area contributed by atoms with E-state index in [0.717, 1.165) is 28.3 Å². The van der Waals surface area contributed by atoms with E-state index >= 15 is 0 Å². The number of aldehydes is 1. The van der Waals surface area contributed by atoms with Crippen LogP contribution in [0.1, 0.15) is 23.5 Å². The summed E-state index contributed by atoms with van der Waals surface area (Å²) in [6.45, 7) is 0. The minimum atomic E-state index is -0.426. The van der Waals surface area contributed by atoms with Gasteiger partial charge >= 0.3 is 0 Å². The number of carbonyl (C=O) groups is 1. The highest BCUT2D eigenvalue weighted by Gasteiger charge is 2.18. The van der Waals surface area contributed by atoms with Crippen molar-refractivity contribution in [1.29, 1.82) is 0 Å². The number of aromatic nitrogens is 1. The molecule has 1 atom stereocenters. The van der Waals surface area contributed by atoms with Gasteiger partial charge in [0.1, 0.15) is 6.29 Å². The Morgan fingerprint density at radius 3 is 2.55 bits per heavy atom. The van der Waals surface area contributed by atoms with E-state index in [-0.39, 0.29) is 11.6 Å². The maximum absolute atomic E-state index is 11.1. The Balaban J connectivity index is 2.05. The third-order valence-electron chi connectivity index (χ3n) is 3.83. The van der Waals surface area contributed by atoms with Crippen molar-refractivity contribution in [2.75, 3.05) is 0 Å². The number of nitrogens with zero attached hydrogens (tertiary/aromatic N) is 1. The van der Waals surface area contributed by atoms with Crippen LogP contribution < -0.4 is 0 Å². The number of non-ortho nitro benzene ring substituents is 1. The average Bonchev–Trinajstić information content (AvgIpc) is 2.96. The van der Waals surface area contributed by atoms with Crippen LogP contribution in [0.3, 0.4) is 0 Å². The van der Waals surface area contributed by atoms with Gasteiger partial charge in [-0.1, -0.05) is 30.3 Å². The van der Waals surface area contributed by atoms with Gasteiger partial charge in [0.05, 0.1) is 4.92 Å². The van der Waals surface area contributed by atoms with Gasteiger partial charge < -0.3 is 9.78 Å². The highest BCUT2D eigenvalue weighted by atomic mass is 16.6. The molecule has 3 rings (SSSR count). The van der Waals surface area contributed by atoms with E-state index in [2.05, 4.69) is 4.98 Å². The van der Waals surface area contributed by atoms with Crippen LogP contribution in [0.4, 0.5) is 5.69 Å². The van der Waals surface area contributed by atoms with Gasteiger partial charge in [-0.3, -0.25) is 10.1 Å². The molecule has 0 bridgehead atoms. The lowest BCUT2D eigenvalue weighted by molar-refractivity contribution is -0.384. The standard InChI is InChI=1S/C17H14N2O3/c20-10-9-14(12-5-7-13(8-6-12)19(21)22)16-11-18-17-4-2-1-3-15(16)17/h1-8,10-11,14,18H,9H2/t14-/m0/s1. The zero-order valence-electron chi connectivity index (χ0n) is 11.7. The first-order chi connectivity index (χ1) is 10.7. The summed E-state index contributed by atoms with van der Waals surface area (Å²) in [5.74, 6) is -0.116. The van der Waals surface area contributed by atoms with Crippen molar-refractivity contribution in [1.82, 2.24) is 4.98 Å². The molecule has 0 spiro atoms. The van der Waals surface area contributed by atoms with Crippen molar-refractivity contribution in [2.24, 2.45) is 0 Å². The number of hydrogen-bond acceptors (Lipinski definition) is 3. The third kappa shape index (κ3) is 2.48. The van der Waals surface area contributed by atoms with E-state index in [9.17, 15) is 14.9 Å². The summed E-state index contributed by atoms with van der Waals surface area (Å²) in [6.07, 6.45) is 3.12. The number of fused-ring (bicyclic) bond motifs is 1.